The topological polar surface area (TPSA) is 54.5 Å². The zero-order valence-corrected chi connectivity index (χ0v) is 16.7. The van der Waals surface area contributed by atoms with Crippen molar-refractivity contribution >= 4 is 35.9 Å². The SMILES string of the molecule is O=C([Se]c1ccccc1)C(Cc1ccccc1)N1C(=O)c2ccccc2C1=O. The molecule has 0 spiro atoms. The maximum atomic E-state index is 13.2. The Bertz CT molecular complexity index is 999. The van der Waals surface area contributed by atoms with E-state index in [2.05, 4.69) is 0 Å². The second kappa shape index (κ2) is 7.93. The van der Waals surface area contributed by atoms with E-state index >= 15 is 0 Å². The van der Waals surface area contributed by atoms with Gasteiger partial charge in [-0.1, -0.05) is 0 Å². The molecule has 4 rings (SSSR count). The van der Waals surface area contributed by atoms with E-state index in [9.17, 15) is 14.4 Å². The Morgan fingerprint density at radius 2 is 1.25 bits per heavy atom. The molecule has 0 radical (unpaired) electrons. The van der Waals surface area contributed by atoms with Gasteiger partial charge in [0.2, 0.25) is 0 Å². The van der Waals surface area contributed by atoms with Gasteiger partial charge in [0.15, 0.2) is 0 Å². The summed E-state index contributed by atoms with van der Waals surface area (Å²) in [4.78, 5) is 40.3. The van der Waals surface area contributed by atoms with Crippen molar-refractivity contribution in [2.45, 2.75) is 12.5 Å². The molecule has 4 nitrogen and oxygen atoms in total. The second-order valence-corrected chi connectivity index (χ2v) is 8.73. The summed E-state index contributed by atoms with van der Waals surface area (Å²) >= 11 is -0.490. The van der Waals surface area contributed by atoms with Crippen LogP contribution in [0.1, 0.15) is 26.3 Å². The second-order valence-electron chi connectivity index (χ2n) is 6.47. The van der Waals surface area contributed by atoms with Crippen LogP contribution in [0.3, 0.4) is 0 Å². The van der Waals surface area contributed by atoms with Gasteiger partial charge in [-0.3, -0.25) is 0 Å². The third kappa shape index (κ3) is 3.55. The minimum absolute atomic E-state index is 0.0861. The van der Waals surface area contributed by atoms with E-state index in [0.717, 1.165) is 14.9 Å². The molecule has 138 valence electrons. The van der Waals surface area contributed by atoms with Crippen LogP contribution in [0.2, 0.25) is 0 Å². The predicted octanol–water partition coefficient (Wildman–Crippen LogP) is 2.45. The van der Waals surface area contributed by atoms with Crippen LogP contribution in [0.4, 0.5) is 0 Å². The number of rotatable bonds is 6. The Morgan fingerprint density at radius 1 is 0.750 bits per heavy atom. The van der Waals surface area contributed by atoms with Gasteiger partial charge in [0.05, 0.1) is 0 Å². The van der Waals surface area contributed by atoms with E-state index in [0.29, 0.717) is 17.5 Å². The number of amides is 2. The van der Waals surface area contributed by atoms with Gasteiger partial charge < -0.3 is 0 Å². The number of benzene rings is 3. The van der Waals surface area contributed by atoms with Gasteiger partial charge in [0.1, 0.15) is 0 Å². The quantitative estimate of drug-likeness (QED) is 0.443. The van der Waals surface area contributed by atoms with Gasteiger partial charge in [-0.05, 0) is 0 Å². The monoisotopic (exact) mass is 435 g/mol. The maximum absolute atomic E-state index is 13.2. The molecule has 0 fully saturated rings. The van der Waals surface area contributed by atoms with Crippen LogP contribution >= 0.6 is 0 Å². The molecule has 0 bridgehead atoms. The van der Waals surface area contributed by atoms with Gasteiger partial charge >= 0.3 is 169 Å². The molecule has 0 N–H and O–H groups in total. The summed E-state index contributed by atoms with van der Waals surface area (Å²) in [5.41, 5.74) is 1.65. The summed E-state index contributed by atoms with van der Waals surface area (Å²) in [5.74, 6) is -0.780. The molecule has 28 heavy (non-hydrogen) atoms. The average molecular weight is 434 g/mol. The molecule has 1 unspecified atom stereocenters. The van der Waals surface area contributed by atoms with Crippen LogP contribution in [0.5, 0.6) is 0 Å². The van der Waals surface area contributed by atoms with Crippen molar-refractivity contribution < 1.29 is 14.4 Å². The summed E-state index contributed by atoms with van der Waals surface area (Å²) in [7, 11) is 0. The van der Waals surface area contributed by atoms with Crippen LogP contribution in [0, 0.1) is 0 Å². The summed E-state index contributed by atoms with van der Waals surface area (Å²) in [6.07, 6.45) is 0.319. The van der Waals surface area contributed by atoms with Crippen LogP contribution in [-0.2, 0) is 11.2 Å². The summed E-state index contributed by atoms with van der Waals surface area (Å²) in [6.45, 7) is 0. The first-order chi connectivity index (χ1) is 13.6. The number of nitrogens with zero attached hydrogens (tertiary/aromatic N) is 1. The molecule has 5 heteroatoms. The van der Waals surface area contributed by atoms with Gasteiger partial charge in [0.25, 0.3) is 0 Å². The van der Waals surface area contributed by atoms with Crippen LogP contribution in [0.15, 0.2) is 84.9 Å². The fourth-order valence-corrected chi connectivity index (χ4v) is 5.07. The zero-order chi connectivity index (χ0) is 19.5. The zero-order valence-electron chi connectivity index (χ0n) is 14.9. The molecule has 3 aromatic rings. The van der Waals surface area contributed by atoms with E-state index in [1.54, 1.807) is 24.3 Å². The third-order valence-electron chi connectivity index (χ3n) is 4.64. The number of hydrogen-bond acceptors (Lipinski definition) is 3. The molecule has 1 aliphatic heterocycles. The van der Waals surface area contributed by atoms with Crippen molar-refractivity contribution in [3.63, 3.8) is 0 Å². The van der Waals surface area contributed by atoms with Gasteiger partial charge in [0, 0.05) is 0 Å². The van der Waals surface area contributed by atoms with Crippen molar-refractivity contribution in [1.82, 2.24) is 4.90 Å². The van der Waals surface area contributed by atoms with Crippen molar-refractivity contribution in [1.29, 1.82) is 0 Å². The van der Waals surface area contributed by atoms with Crippen LogP contribution in [-0.4, -0.2) is 42.4 Å². The fraction of sp³-hybridized carbons (Fsp3) is 0.0870. The number of carbonyl (C=O) groups is 3. The summed E-state index contributed by atoms with van der Waals surface area (Å²) < 4.78 is 0.840. The Labute approximate surface area is 169 Å². The number of carbonyl (C=O) groups excluding carboxylic acids is 3. The molecular weight excluding hydrogens is 417 g/mol. The number of imide groups is 1. The summed E-state index contributed by atoms with van der Waals surface area (Å²) in [6, 6.07) is 24.9. The molecular formula is C23H17NO3Se. The molecule has 1 aliphatic rings. The minimum atomic E-state index is -0.810. The van der Waals surface area contributed by atoms with Crippen LogP contribution in [0.25, 0.3) is 0 Å². The van der Waals surface area contributed by atoms with Crippen molar-refractivity contribution in [2.24, 2.45) is 0 Å². The van der Waals surface area contributed by atoms with E-state index < -0.39 is 32.8 Å². The molecule has 1 heterocycles. The predicted molar refractivity (Wildman–Crippen MR) is 108 cm³/mol. The van der Waals surface area contributed by atoms with E-state index in [4.69, 9.17) is 0 Å². The first kappa shape index (κ1) is 18.4. The molecule has 1 atom stereocenters. The molecule has 0 aromatic heterocycles. The molecule has 0 saturated carbocycles. The van der Waals surface area contributed by atoms with Crippen LogP contribution < -0.4 is 4.46 Å². The number of hydrogen-bond donors (Lipinski definition) is 0. The average Bonchev–Trinajstić information content (AvgIpc) is 2.98. The van der Waals surface area contributed by atoms with Crippen molar-refractivity contribution in [2.75, 3.05) is 0 Å². The standard InChI is InChI=1S/C23H17NO3Se/c25-21-18-13-7-8-14-19(18)22(26)24(21)20(15-16-9-3-1-4-10-16)23(27)28-17-11-5-2-6-12-17/h1-14,20H,15H2. The molecule has 0 saturated heterocycles. The fourth-order valence-electron chi connectivity index (χ4n) is 3.28. The van der Waals surface area contributed by atoms with E-state index in [-0.39, 0.29) is 4.68 Å². The van der Waals surface area contributed by atoms with Crippen molar-refractivity contribution in [3.05, 3.63) is 102 Å². The Hall–Kier alpha value is -3.01. The van der Waals surface area contributed by atoms with E-state index in [1.165, 1.54) is 0 Å². The van der Waals surface area contributed by atoms with Gasteiger partial charge in [-0.2, -0.15) is 0 Å². The first-order valence-electron chi connectivity index (χ1n) is 8.93. The van der Waals surface area contributed by atoms with Crippen molar-refractivity contribution in [3.8, 4) is 0 Å². The molecule has 3 aromatic carbocycles. The van der Waals surface area contributed by atoms with E-state index in [1.807, 2.05) is 60.7 Å². The van der Waals surface area contributed by atoms with Gasteiger partial charge in [-0.15, -0.1) is 0 Å². The Morgan fingerprint density at radius 3 is 1.82 bits per heavy atom. The normalized spacial score (nSPS) is 14.1. The molecule has 2 amide bonds. The Kier molecular flexibility index (Phi) is 5.20. The summed E-state index contributed by atoms with van der Waals surface area (Å²) in [5, 5.41) is 0. The first-order valence-corrected chi connectivity index (χ1v) is 10.6. The van der Waals surface area contributed by atoms with Gasteiger partial charge in [-0.25, -0.2) is 0 Å². The number of fused-ring (bicyclic) bond motifs is 1. The Balaban J connectivity index is 1.68. The third-order valence-corrected chi connectivity index (χ3v) is 6.70. The molecule has 0 aliphatic carbocycles.